The van der Waals surface area contributed by atoms with E-state index in [0.717, 1.165) is 25.8 Å². The van der Waals surface area contributed by atoms with Crippen molar-refractivity contribution < 1.29 is 9.59 Å². The van der Waals surface area contributed by atoms with Gasteiger partial charge in [0.15, 0.2) is 0 Å². The number of piperidine rings is 1. The molecule has 20 heavy (non-hydrogen) atoms. The van der Waals surface area contributed by atoms with Gasteiger partial charge in [-0.1, -0.05) is 6.92 Å². The van der Waals surface area contributed by atoms with Crippen molar-refractivity contribution in [2.75, 3.05) is 13.1 Å². The molecule has 1 aliphatic heterocycles. The molecule has 2 amide bonds. The molecule has 2 heterocycles. The van der Waals surface area contributed by atoms with Crippen LogP contribution in [0.15, 0.2) is 24.5 Å². The van der Waals surface area contributed by atoms with E-state index < -0.39 is 0 Å². The topological polar surface area (TPSA) is 62.3 Å². The number of likely N-dealkylation sites (tertiary alicyclic amines) is 1. The zero-order valence-corrected chi connectivity index (χ0v) is 11.8. The van der Waals surface area contributed by atoms with Crippen molar-refractivity contribution in [3.05, 3.63) is 30.1 Å². The Kier molecular flexibility index (Phi) is 5.09. The Bertz CT molecular complexity index is 461. The molecule has 0 radical (unpaired) electrons. The van der Waals surface area contributed by atoms with Crippen molar-refractivity contribution in [1.29, 1.82) is 0 Å². The van der Waals surface area contributed by atoms with Crippen LogP contribution in [0, 0.1) is 0 Å². The Hall–Kier alpha value is -1.91. The van der Waals surface area contributed by atoms with Crippen LogP contribution in [0.5, 0.6) is 0 Å². The predicted octanol–water partition coefficient (Wildman–Crippen LogP) is 1.60. The molecule has 5 nitrogen and oxygen atoms in total. The molecule has 0 saturated carbocycles. The molecule has 1 unspecified atom stereocenters. The third kappa shape index (κ3) is 3.56. The first-order valence-electron chi connectivity index (χ1n) is 7.20. The third-order valence-corrected chi connectivity index (χ3v) is 3.74. The number of pyridine rings is 1. The van der Waals surface area contributed by atoms with Crippen molar-refractivity contribution in [1.82, 2.24) is 15.2 Å². The van der Waals surface area contributed by atoms with E-state index in [1.54, 1.807) is 18.3 Å². The maximum atomic E-state index is 12.2. The Balaban J connectivity index is 1.87. The molecule has 0 bridgehead atoms. The van der Waals surface area contributed by atoms with Crippen molar-refractivity contribution in [2.45, 2.75) is 38.6 Å². The highest BCUT2D eigenvalue weighted by Crippen LogP contribution is 2.19. The zero-order chi connectivity index (χ0) is 14.4. The van der Waals surface area contributed by atoms with E-state index in [1.807, 2.05) is 4.90 Å². The third-order valence-electron chi connectivity index (χ3n) is 3.74. The number of hydrogen-bond donors (Lipinski definition) is 1. The van der Waals surface area contributed by atoms with E-state index in [0.29, 0.717) is 11.6 Å². The number of nitrogens with one attached hydrogen (secondary N) is 1. The quantitative estimate of drug-likeness (QED) is 0.908. The average Bonchev–Trinajstić information content (AvgIpc) is 2.53. The minimum absolute atomic E-state index is 0.00814. The molecule has 1 aromatic heterocycles. The van der Waals surface area contributed by atoms with Gasteiger partial charge >= 0.3 is 0 Å². The van der Waals surface area contributed by atoms with Gasteiger partial charge in [0.25, 0.3) is 5.91 Å². The van der Waals surface area contributed by atoms with Crippen LogP contribution in [-0.4, -0.2) is 40.8 Å². The summed E-state index contributed by atoms with van der Waals surface area (Å²) in [6.07, 6.45) is 7.39. The van der Waals surface area contributed by atoms with Gasteiger partial charge in [0, 0.05) is 25.0 Å². The van der Waals surface area contributed by atoms with Crippen LogP contribution in [0.2, 0.25) is 0 Å². The minimum atomic E-state index is -0.253. The van der Waals surface area contributed by atoms with Crippen LogP contribution in [0.1, 0.15) is 43.0 Å². The number of carbonyl (C=O) groups is 2. The van der Waals surface area contributed by atoms with Gasteiger partial charge in [-0.3, -0.25) is 14.6 Å². The summed E-state index contributed by atoms with van der Waals surface area (Å²) in [6.45, 7) is 2.97. The standard InChI is InChI=1S/C15H21N3O2/c1-2-13-7-3-4-9-18(13)14(19)11-17-15(20)12-6-5-8-16-10-12/h5-6,8,10,13H,2-4,7,9,11H2,1H3,(H,17,20). The molecule has 2 rings (SSSR count). The molecule has 5 heteroatoms. The van der Waals surface area contributed by atoms with E-state index >= 15 is 0 Å². The van der Waals surface area contributed by atoms with Gasteiger partial charge in [-0.2, -0.15) is 0 Å². The smallest absolute Gasteiger partial charge is 0.253 e. The summed E-state index contributed by atoms with van der Waals surface area (Å²) in [6, 6.07) is 3.71. The molecule has 1 fully saturated rings. The van der Waals surface area contributed by atoms with Gasteiger partial charge in [-0.05, 0) is 37.8 Å². The van der Waals surface area contributed by atoms with Crippen LogP contribution >= 0.6 is 0 Å². The number of nitrogens with zero attached hydrogens (tertiary/aromatic N) is 2. The second-order valence-corrected chi connectivity index (χ2v) is 5.07. The van der Waals surface area contributed by atoms with Gasteiger partial charge in [-0.15, -0.1) is 0 Å². The molecule has 1 aliphatic rings. The average molecular weight is 275 g/mol. The molecule has 0 spiro atoms. The number of aromatic nitrogens is 1. The first kappa shape index (κ1) is 14.5. The van der Waals surface area contributed by atoms with E-state index in [9.17, 15) is 9.59 Å². The maximum Gasteiger partial charge on any atom is 0.253 e. The van der Waals surface area contributed by atoms with Gasteiger partial charge < -0.3 is 10.2 Å². The fraction of sp³-hybridized carbons (Fsp3) is 0.533. The van der Waals surface area contributed by atoms with Crippen molar-refractivity contribution in [3.8, 4) is 0 Å². The minimum Gasteiger partial charge on any atom is -0.343 e. The molecule has 108 valence electrons. The summed E-state index contributed by atoms with van der Waals surface area (Å²) in [4.78, 5) is 29.9. The van der Waals surface area contributed by atoms with Crippen molar-refractivity contribution in [2.24, 2.45) is 0 Å². The number of rotatable bonds is 4. The molecule has 1 saturated heterocycles. The summed E-state index contributed by atoms with van der Waals surface area (Å²) in [5.41, 5.74) is 0.478. The Morgan fingerprint density at radius 2 is 2.30 bits per heavy atom. The highest BCUT2D eigenvalue weighted by Gasteiger charge is 2.25. The lowest BCUT2D eigenvalue weighted by Gasteiger charge is -2.35. The predicted molar refractivity (Wildman–Crippen MR) is 76.2 cm³/mol. The van der Waals surface area contributed by atoms with E-state index in [-0.39, 0.29) is 18.4 Å². The zero-order valence-electron chi connectivity index (χ0n) is 11.8. The first-order valence-corrected chi connectivity index (χ1v) is 7.20. The summed E-state index contributed by atoms with van der Waals surface area (Å²) >= 11 is 0. The molecule has 1 aromatic rings. The van der Waals surface area contributed by atoms with Crippen LogP contribution < -0.4 is 5.32 Å². The molecular weight excluding hydrogens is 254 g/mol. The van der Waals surface area contributed by atoms with Crippen LogP contribution in [0.4, 0.5) is 0 Å². The summed E-state index contributed by atoms with van der Waals surface area (Å²) in [7, 11) is 0. The second kappa shape index (κ2) is 7.03. The van der Waals surface area contributed by atoms with Crippen molar-refractivity contribution in [3.63, 3.8) is 0 Å². The fourth-order valence-electron chi connectivity index (χ4n) is 2.61. The number of amides is 2. The van der Waals surface area contributed by atoms with Gasteiger partial charge in [-0.25, -0.2) is 0 Å². The maximum absolute atomic E-state index is 12.2. The number of hydrogen-bond acceptors (Lipinski definition) is 3. The normalized spacial score (nSPS) is 18.6. The lowest BCUT2D eigenvalue weighted by Crippen LogP contribution is -2.47. The van der Waals surface area contributed by atoms with Crippen molar-refractivity contribution >= 4 is 11.8 Å². The van der Waals surface area contributed by atoms with Gasteiger partial charge in [0.1, 0.15) is 0 Å². The lowest BCUT2D eigenvalue weighted by atomic mass is 10.00. The molecule has 0 aliphatic carbocycles. The fourth-order valence-corrected chi connectivity index (χ4v) is 2.61. The Morgan fingerprint density at radius 1 is 1.45 bits per heavy atom. The molecular formula is C15H21N3O2. The number of carbonyl (C=O) groups excluding carboxylic acids is 2. The highest BCUT2D eigenvalue weighted by molar-refractivity contribution is 5.96. The van der Waals surface area contributed by atoms with E-state index in [1.165, 1.54) is 12.6 Å². The summed E-state index contributed by atoms with van der Waals surface area (Å²) in [5, 5.41) is 2.67. The van der Waals surface area contributed by atoms with Gasteiger partial charge in [0.05, 0.1) is 12.1 Å². The summed E-state index contributed by atoms with van der Waals surface area (Å²) < 4.78 is 0. The molecule has 1 N–H and O–H groups in total. The molecule has 0 aromatic carbocycles. The van der Waals surface area contributed by atoms with Crippen LogP contribution in [0.25, 0.3) is 0 Å². The second-order valence-electron chi connectivity index (χ2n) is 5.07. The van der Waals surface area contributed by atoms with Crippen LogP contribution in [-0.2, 0) is 4.79 Å². The van der Waals surface area contributed by atoms with Gasteiger partial charge in [0.2, 0.25) is 5.91 Å². The summed E-state index contributed by atoms with van der Waals surface area (Å²) in [5.74, 6) is -0.245. The lowest BCUT2D eigenvalue weighted by molar-refractivity contribution is -0.133. The Labute approximate surface area is 119 Å². The highest BCUT2D eigenvalue weighted by atomic mass is 16.2. The molecule has 1 atom stereocenters. The monoisotopic (exact) mass is 275 g/mol. The Morgan fingerprint density at radius 3 is 3.00 bits per heavy atom. The van der Waals surface area contributed by atoms with Crippen LogP contribution in [0.3, 0.4) is 0 Å². The van der Waals surface area contributed by atoms with E-state index in [2.05, 4.69) is 17.2 Å². The SMILES string of the molecule is CCC1CCCCN1C(=O)CNC(=O)c1cccnc1. The first-order chi connectivity index (χ1) is 9.72. The largest absolute Gasteiger partial charge is 0.343 e. The van der Waals surface area contributed by atoms with E-state index in [4.69, 9.17) is 0 Å².